The number of fused-ring (bicyclic) bond motifs is 2. The highest BCUT2D eigenvalue weighted by Crippen LogP contribution is 2.34. The van der Waals surface area contributed by atoms with E-state index in [2.05, 4.69) is 20.3 Å². The first-order chi connectivity index (χ1) is 13.8. The lowest BCUT2D eigenvalue weighted by molar-refractivity contribution is 1.13. The van der Waals surface area contributed by atoms with Crippen molar-refractivity contribution in [3.63, 3.8) is 0 Å². The first-order valence-electron chi connectivity index (χ1n) is 8.94. The topological polar surface area (TPSA) is 66.5 Å². The van der Waals surface area contributed by atoms with E-state index in [-0.39, 0.29) is 0 Å². The molecule has 136 valence electrons. The van der Waals surface area contributed by atoms with Crippen molar-refractivity contribution in [2.45, 2.75) is 6.54 Å². The van der Waals surface area contributed by atoms with Gasteiger partial charge in [0, 0.05) is 35.5 Å². The number of pyridine rings is 2. The van der Waals surface area contributed by atoms with Crippen molar-refractivity contribution in [1.29, 1.82) is 0 Å². The molecule has 3 aromatic heterocycles. The summed E-state index contributed by atoms with van der Waals surface area (Å²) in [5.41, 5.74) is 5.77. The number of benzene rings is 2. The highest BCUT2D eigenvalue weighted by atomic mass is 35.5. The molecule has 5 nitrogen and oxygen atoms in total. The number of H-pyrrole nitrogens is 1. The maximum absolute atomic E-state index is 6.28. The zero-order valence-corrected chi connectivity index (χ0v) is 15.6. The van der Waals surface area contributed by atoms with E-state index >= 15 is 0 Å². The molecule has 0 bridgehead atoms. The summed E-state index contributed by atoms with van der Waals surface area (Å²) in [4.78, 5) is 16.8. The quantitative estimate of drug-likeness (QED) is 0.432. The van der Waals surface area contributed by atoms with E-state index in [0.29, 0.717) is 11.6 Å². The zero-order valence-electron chi connectivity index (χ0n) is 14.9. The predicted octanol–water partition coefficient (Wildman–Crippen LogP) is 5.44. The lowest BCUT2D eigenvalue weighted by atomic mass is 10.1. The Bertz CT molecular complexity index is 1250. The number of rotatable bonds is 4. The normalized spacial score (nSPS) is 11.2. The molecule has 0 aliphatic carbocycles. The van der Waals surface area contributed by atoms with Crippen LogP contribution in [0.25, 0.3) is 33.3 Å². The van der Waals surface area contributed by atoms with Gasteiger partial charge in [0.2, 0.25) is 0 Å². The molecule has 0 radical (unpaired) electrons. The highest BCUT2D eigenvalue weighted by Gasteiger charge is 2.14. The van der Waals surface area contributed by atoms with Crippen LogP contribution in [0, 0.1) is 0 Å². The van der Waals surface area contributed by atoms with Crippen LogP contribution in [0.1, 0.15) is 5.56 Å². The van der Waals surface area contributed by atoms with Crippen molar-refractivity contribution < 1.29 is 0 Å². The van der Waals surface area contributed by atoms with E-state index in [9.17, 15) is 0 Å². The second-order valence-electron chi connectivity index (χ2n) is 6.52. The molecule has 0 aliphatic heterocycles. The number of aromatic nitrogens is 4. The minimum absolute atomic E-state index is 0.654. The third-order valence-electron chi connectivity index (χ3n) is 4.69. The maximum Gasteiger partial charge on any atom is 0.142 e. The molecule has 0 aliphatic rings. The van der Waals surface area contributed by atoms with Crippen LogP contribution in [0.3, 0.4) is 0 Å². The Kier molecular flexibility index (Phi) is 4.14. The Balaban J connectivity index is 1.67. The van der Waals surface area contributed by atoms with Crippen LogP contribution in [-0.2, 0) is 6.54 Å². The zero-order chi connectivity index (χ0) is 18.9. The molecule has 6 heteroatoms. The van der Waals surface area contributed by atoms with Gasteiger partial charge in [0.05, 0.1) is 27.8 Å². The molecule has 2 N–H and O–H groups in total. The largest absolute Gasteiger partial charge is 0.380 e. The molecule has 28 heavy (non-hydrogen) atoms. The number of aromatic amines is 1. The van der Waals surface area contributed by atoms with Crippen LogP contribution in [0.5, 0.6) is 0 Å². The smallest absolute Gasteiger partial charge is 0.142 e. The van der Waals surface area contributed by atoms with E-state index in [0.717, 1.165) is 44.6 Å². The predicted molar refractivity (Wildman–Crippen MR) is 113 cm³/mol. The summed E-state index contributed by atoms with van der Waals surface area (Å²) >= 11 is 6.28. The Morgan fingerprint density at radius 1 is 0.964 bits per heavy atom. The fourth-order valence-corrected chi connectivity index (χ4v) is 3.48. The van der Waals surface area contributed by atoms with Crippen LogP contribution in [0.15, 0.2) is 73.2 Å². The molecular weight excluding hydrogens is 370 g/mol. The minimum atomic E-state index is 0.654. The third-order valence-corrected chi connectivity index (χ3v) is 4.93. The summed E-state index contributed by atoms with van der Waals surface area (Å²) in [5, 5.41) is 5.18. The first-order valence-corrected chi connectivity index (χ1v) is 9.32. The van der Waals surface area contributed by atoms with Crippen molar-refractivity contribution in [2.75, 3.05) is 5.32 Å². The lowest BCUT2D eigenvalue weighted by Gasteiger charge is -2.14. The Labute approximate surface area is 166 Å². The van der Waals surface area contributed by atoms with Gasteiger partial charge in [-0.3, -0.25) is 9.97 Å². The van der Waals surface area contributed by atoms with Crippen molar-refractivity contribution >= 4 is 39.2 Å². The van der Waals surface area contributed by atoms with Crippen molar-refractivity contribution in [2.24, 2.45) is 0 Å². The van der Waals surface area contributed by atoms with Crippen LogP contribution in [0.4, 0.5) is 5.69 Å². The van der Waals surface area contributed by atoms with Crippen LogP contribution >= 0.6 is 11.6 Å². The molecule has 0 saturated heterocycles. The molecule has 0 saturated carbocycles. The van der Waals surface area contributed by atoms with E-state index in [1.54, 1.807) is 12.4 Å². The molecule has 0 atom stereocenters. The number of nitrogens with one attached hydrogen (secondary N) is 2. The second-order valence-corrected chi connectivity index (χ2v) is 6.96. The maximum atomic E-state index is 6.28. The van der Waals surface area contributed by atoms with Gasteiger partial charge < -0.3 is 10.3 Å². The average Bonchev–Trinajstić information content (AvgIpc) is 3.16. The van der Waals surface area contributed by atoms with Gasteiger partial charge in [-0.2, -0.15) is 0 Å². The van der Waals surface area contributed by atoms with Gasteiger partial charge in [-0.1, -0.05) is 23.7 Å². The standard InChI is InChI=1S/C22H16ClN5/c23-15-5-6-18-16(11-15)21(26-12-14-7-9-24-10-8-14)17(13-25-18)22-27-19-3-1-2-4-20(19)28-22/h1-11,13H,12H2,(H,25,26)(H,27,28). The van der Waals surface area contributed by atoms with Gasteiger partial charge >= 0.3 is 0 Å². The first kappa shape index (κ1) is 16.7. The molecular formula is C22H16ClN5. The number of anilines is 1. The number of hydrogen-bond donors (Lipinski definition) is 2. The van der Waals surface area contributed by atoms with Crippen LogP contribution < -0.4 is 5.32 Å². The highest BCUT2D eigenvalue weighted by molar-refractivity contribution is 6.31. The van der Waals surface area contributed by atoms with Gasteiger partial charge in [-0.15, -0.1) is 0 Å². The van der Waals surface area contributed by atoms with Crippen molar-refractivity contribution in [3.05, 3.63) is 83.8 Å². The number of nitrogens with zero attached hydrogens (tertiary/aromatic N) is 3. The van der Waals surface area contributed by atoms with E-state index in [1.165, 1.54) is 0 Å². The molecule has 0 unspecified atom stereocenters. The van der Waals surface area contributed by atoms with E-state index in [4.69, 9.17) is 16.6 Å². The molecule has 0 fully saturated rings. The Hall–Kier alpha value is -3.44. The minimum Gasteiger partial charge on any atom is -0.380 e. The molecule has 5 rings (SSSR count). The molecule has 0 spiro atoms. The van der Waals surface area contributed by atoms with Gasteiger partial charge in [0.1, 0.15) is 5.82 Å². The van der Waals surface area contributed by atoms with Crippen LogP contribution in [0.2, 0.25) is 5.02 Å². The van der Waals surface area contributed by atoms with Gasteiger partial charge in [0.25, 0.3) is 0 Å². The average molecular weight is 386 g/mol. The molecule has 0 amide bonds. The second kappa shape index (κ2) is 6.94. The summed E-state index contributed by atoms with van der Waals surface area (Å²) < 4.78 is 0. The van der Waals surface area contributed by atoms with E-state index in [1.807, 2.05) is 60.8 Å². The third kappa shape index (κ3) is 3.06. The van der Waals surface area contributed by atoms with Crippen LogP contribution in [-0.4, -0.2) is 19.9 Å². The summed E-state index contributed by atoms with van der Waals surface area (Å²) in [6.07, 6.45) is 5.43. The molecule has 2 aromatic carbocycles. The number of imidazole rings is 1. The molecule has 5 aromatic rings. The van der Waals surface area contributed by atoms with Gasteiger partial charge in [-0.05, 0) is 48.0 Å². The summed E-state index contributed by atoms with van der Waals surface area (Å²) in [7, 11) is 0. The fraction of sp³-hybridized carbons (Fsp3) is 0.0455. The summed E-state index contributed by atoms with van der Waals surface area (Å²) in [5.74, 6) is 0.771. The number of halogens is 1. The number of hydrogen-bond acceptors (Lipinski definition) is 4. The lowest BCUT2D eigenvalue weighted by Crippen LogP contribution is -2.03. The molecule has 3 heterocycles. The van der Waals surface area contributed by atoms with E-state index < -0.39 is 0 Å². The summed E-state index contributed by atoms with van der Waals surface area (Å²) in [6, 6.07) is 17.7. The van der Waals surface area contributed by atoms with Gasteiger partial charge in [0.15, 0.2) is 0 Å². The Morgan fingerprint density at radius 3 is 2.68 bits per heavy atom. The van der Waals surface area contributed by atoms with Crippen molar-refractivity contribution in [3.8, 4) is 11.4 Å². The summed E-state index contributed by atoms with van der Waals surface area (Å²) in [6.45, 7) is 0.654. The Morgan fingerprint density at radius 2 is 1.82 bits per heavy atom. The van der Waals surface area contributed by atoms with Crippen molar-refractivity contribution in [1.82, 2.24) is 19.9 Å². The fourth-order valence-electron chi connectivity index (χ4n) is 3.31. The number of para-hydroxylation sites is 2. The SMILES string of the molecule is Clc1ccc2ncc(-c3nc4ccccc4[nH]3)c(NCc3ccncc3)c2c1. The van der Waals surface area contributed by atoms with Gasteiger partial charge in [-0.25, -0.2) is 4.98 Å². The monoisotopic (exact) mass is 385 g/mol.